The number of benzene rings is 4. The van der Waals surface area contributed by atoms with E-state index in [0.29, 0.717) is 48.0 Å². The van der Waals surface area contributed by atoms with Gasteiger partial charge >= 0.3 is 12.1 Å². The van der Waals surface area contributed by atoms with Gasteiger partial charge in [-0.15, -0.1) is 0 Å². The third kappa shape index (κ3) is 8.74. The van der Waals surface area contributed by atoms with Gasteiger partial charge in [0.1, 0.15) is 5.75 Å². The number of nitrogens with zero attached hydrogens (tertiary/aromatic N) is 1. The van der Waals surface area contributed by atoms with Crippen molar-refractivity contribution in [2.24, 2.45) is 0 Å². The highest BCUT2D eigenvalue weighted by Crippen LogP contribution is 2.37. The van der Waals surface area contributed by atoms with Crippen LogP contribution in [0.15, 0.2) is 97.1 Å². The zero-order valence-corrected chi connectivity index (χ0v) is 24.2. The number of hydrogen-bond donors (Lipinski definition) is 1. The fourth-order valence-electron chi connectivity index (χ4n) is 4.88. The number of halogens is 5. The van der Waals surface area contributed by atoms with Gasteiger partial charge in [-0.25, -0.2) is 0 Å². The summed E-state index contributed by atoms with van der Waals surface area (Å²) >= 11 is 12.9. The van der Waals surface area contributed by atoms with E-state index in [9.17, 15) is 18.0 Å². The highest BCUT2D eigenvalue weighted by atomic mass is 35.5. The summed E-state index contributed by atoms with van der Waals surface area (Å²) in [5, 5.41) is 9.36. The smallest absolute Gasteiger partial charge is 0.417 e. The molecule has 4 rings (SSSR count). The molecule has 0 radical (unpaired) electrons. The second kappa shape index (κ2) is 14.6. The number of rotatable bonds is 13. The van der Waals surface area contributed by atoms with Crippen LogP contribution in [0.5, 0.6) is 5.75 Å². The van der Waals surface area contributed by atoms with Crippen LogP contribution in [0.25, 0.3) is 0 Å². The Bertz CT molecular complexity index is 1480. The topological polar surface area (TPSA) is 49.8 Å². The third-order valence-corrected chi connectivity index (χ3v) is 7.63. The minimum absolute atomic E-state index is 0.106. The molecule has 0 amide bonds. The van der Waals surface area contributed by atoms with Crippen LogP contribution in [-0.2, 0) is 23.9 Å². The molecule has 4 aromatic carbocycles. The molecule has 0 bridgehead atoms. The molecule has 42 heavy (non-hydrogen) atoms. The first-order valence-electron chi connectivity index (χ1n) is 13.4. The van der Waals surface area contributed by atoms with Crippen molar-refractivity contribution in [3.05, 3.63) is 135 Å². The molecule has 0 spiro atoms. The van der Waals surface area contributed by atoms with Crippen molar-refractivity contribution >= 4 is 29.2 Å². The van der Waals surface area contributed by atoms with Gasteiger partial charge < -0.3 is 9.84 Å². The molecular weight excluding hydrogens is 586 g/mol. The SMILES string of the molecule is O=C(O)Cc1cccc(OCCCN(Cc2cccc(C(F)(F)F)c2Cl)C[C@H](c2ccccc2)c2ccccc2Cl)c1. The van der Waals surface area contributed by atoms with Crippen molar-refractivity contribution in [3.63, 3.8) is 0 Å². The van der Waals surface area contributed by atoms with Gasteiger partial charge in [-0.1, -0.05) is 96.0 Å². The second-order valence-corrected chi connectivity index (χ2v) is 10.7. The van der Waals surface area contributed by atoms with Crippen LogP contribution >= 0.6 is 23.2 Å². The number of alkyl halides is 3. The minimum atomic E-state index is -4.56. The van der Waals surface area contributed by atoms with E-state index in [-0.39, 0.29) is 23.9 Å². The van der Waals surface area contributed by atoms with Crippen molar-refractivity contribution < 1.29 is 27.8 Å². The summed E-state index contributed by atoms with van der Waals surface area (Å²) in [6.45, 7) is 1.47. The lowest BCUT2D eigenvalue weighted by Crippen LogP contribution is -2.31. The lowest BCUT2D eigenvalue weighted by Gasteiger charge is -2.29. The Hall–Kier alpha value is -3.52. The average Bonchev–Trinajstić information content (AvgIpc) is 2.95. The summed E-state index contributed by atoms with van der Waals surface area (Å²) in [6.07, 6.45) is -4.11. The van der Waals surface area contributed by atoms with Crippen molar-refractivity contribution in [1.82, 2.24) is 4.90 Å². The molecule has 220 valence electrons. The lowest BCUT2D eigenvalue weighted by atomic mass is 9.90. The fraction of sp³-hybridized carbons (Fsp3) is 0.242. The van der Waals surface area contributed by atoms with E-state index in [2.05, 4.69) is 4.90 Å². The van der Waals surface area contributed by atoms with Gasteiger partial charge in [0.25, 0.3) is 0 Å². The molecule has 0 aliphatic heterocycles. The lowest BCUT2D eigenvalue weighted by molar-refractivity contribution is -0.138. The Balaban J connectivity index is 1.57. The van der Waals surface area contributed by atoms with E-state index >= 15 is 0 Å². The molecule has 0 unspecified atom stereocenters. The van der Waals surface area contributed by atoms with Crippen LogP contribution in [0.1, 0.15) is 40.2 Å². The summed E-state index contributed by atoms with van der Waals surface area (Å²) in [6, 6.07) is 28.3. The van der Waals surface area contributed by atoms with Crippen LogP contribution in [0.3, 0.4) is 0 Å². The fourth-order valence-corrected chi connectivity index (χ4v) is 5.44. The van der Waals surface area contributed by atoms with Crippen LogP contribution in [0, 0.1) is 0 Å². The number of ether oxygens (including phenoxy) is 1. The maximum Gasteiger partial charge on any atom is 0.417 e. The number of hydrogen-bond acceptors (Lipinski definition) is 3. The van der Waals surface area contributed by atoms with Gasteiger partial charge in [0.05, 0.1) is 23.6 Å². The first-order chi connectivity index (χ1) is 20.1. The molecule has 0 aliphatic rings. The highest BCUT2D eigenvalue weighted by Gasteiger charge is 2.34. The molecule has 9 heteroatoms. The quantitative estimate of drug-likeness (QED) is 0.153. The van der Waals surface area contributed by atoms with E-state index < -0.39 is 17.7 Å². The normalized spacial score (nSPS) is 12.3. The van der Waals surface area contributed by atoms with Crippen molar-refractivity contribution in [3.8, 4) is 5.75 Å². The van der Waals surface area contributed by atoms with E-state index in [4.69, 9.17) is 33.0 Å². The van der Waals surface area contributed by atoms with E-state index in [1.54, 1.807) is 30.3 Å². The van der Waals surface area contributed by atoms with Crippen LogP contribution < -0.4 is 4.74 Å². The maximum absolute atomic E-state index is 13.6. The largest absolute Gasteiger partial charge is 0.494 e. The van der Waals surface area contributed by atoms with E-state index in [1.807, 2.05) is 54.6 Å². The molecular formula is C33H30Cl2F3NO3. The van der Waals surface area contributed by atoms with Gasteiger partial charge in [-0.2, -0.15) is 13.2 Å². The number of aliphatic carboxylic acids is 1. The molecule has 1 atom stereocenters. The minimum Gasteiger partial charge on any atom is -0.494 e. The molecule has 4 nitrogen and oxygen atoms in total. The first-order valence-corrected chi connectivity index (χ1v) is 14.2. The predicted octanol–water partition coefficient (Wildman–Crippen LogP) is 8.74. The van der Waals surface area contributed by atoms with E-state index in [1.165, 1.54) is 6.07 Å². The molecule has 4 aromatic rings. The Morgan fingerprint density at radius 3 is 2.33 bits per heavy atom. The standard InChI is InChI=1S/C33H30Cl2F3NO3/c34-30-16-5-4-14-27(30)28(24-10-2-1-3-11-24)22-39(21-25-12-7-15-29(32(25)35)33(36,37)38)17-8-18-42-26-13-6-9-23(19-26)20-31(40)41/h1-7,9-16,19,28H,8,17-18,20-22H2,(H,40,41)/t28-/m1/s1. The van der Waals surface area contributed by atoms with Crippen LogP contribution in [0.4, 0.5) is 13.2 Å². The number of carbonyl (C=O) groups is 1. The second-order valence-electron chi connectivity index (χ2n) is 9.92. The Morgan fingerprint density at radius 2 is 1.62 bits per heavy atom. The van der Waals surface area contributed by atoms with Gasteiger partial charge in [0, 0.05) is 30.6 Å². The Kier molecular flexibility index (Phi) is 10.9. The summed E-state index contributed by atoms with van der Waals surface area (Å²) < 4.78 is 46.7. The van der Waals surface area contributed by atoms with Crippen LogP contribution in [0.2, 0.25) is 10.0 Å². The van der Waals surface area contributed by atoms with E-state index in [0.717, 1.165) is 17.2 Å². The van der Waals surface area contributed by atoms with Crippen molar-refractivity contribution in [2.75, 3.05) is 19.7 Å². The Morgan fingerprint density at radius 1 is 0.905 bits per heavy atom. The first kappa shape index (κ1) is 31.4. The summed E-state index contributed by atoms with van der Waals surface area (Å²) in [7, 11) is 0. The average molecular weight is 617 g/mol. The molecule has 0 saturated carbocycles. The third-order valence-electron chi connectivity index (χ3n) is 6.84. The van der Waals surface area contributed by atoms with Gasteiger partial charge in [-0.05, 0) is 52.9 Å². The maximum atomic E-state index is 13.6. The van der Waals surface area contributed by atoms with Crippen molar-refractivity contribution in [1.29, 1.82) is 0 Å². The van der Waals surface area contributed by atoms with Crippen LogP contribution in [-0.4, -0.2) is 35.7 Å². The summed E-state index contributed by atoms with van der Waals surface area (Å²) in [4.78, 5) is 13.1. The molecule has 0 saturated heterocycles. The molecule has 0 aliphatic carbocycles. The zero-order valence-electron chi connectivity index (χ0n) is 22.7. The van der Waals surface area contributed by atoms with Gasteiger partial charge in [-0.3, -0.25) is 9.69 Å². The highest BCUT2D eigenvalue weighted by molar-refractivity contribution is 6.32. The summed E-state index contributed by atoms with van der Waals surface area (Å²) in [5.74, 6) is -0.528. The number of carboxylic acids is 1. The number of carboxylic acid groups (broad SMARTS) is 1. The van der Waals surface area contributed by atoms with Crippen molar-refractivity contribution in [2.45, 2.75) is 31.5 Å². The molecule has 0 fully saturated rings. The van der Waals surface area contributed by atoms with Gasteiger partial charge in [0.15, 0.2) is 0 Å². The molecule has 0 heterocycles. The Labute approximate surface area is 253 Å². The zero-order chi connectivity index (χ0) is 30.1. The summed E-state index contributed by atoms with van der Waals surface area (Å²) in [5.41, 5.74) is 2.08. The molecule has 0 aromatic heterocycles. The van der Waals surface area contributed by atoms with Gasteiger partial charge in [0.2, 0.25) is 0 Å². The molecule has 1 N–H and O–H groups in total. The predicted molar refractivity (Wildman–Crippen MR) is 159 cm³/mol. The monoisotopic (exact) mass is 615 g/mol.